The third-order valence-corrected chi connectivity index (χ3v) is 5.95. The average molecular weight is 339 g/mol. The summed E-state index contributed by atoms with van der Waals surface area (Å²) in [5, 5.41) is 0. The molecule has 0 bridgehead atoms. The van der Waals surface area contributed by atoms with Crippen LogP contribution in [0, 0.1) is 29.4 Å². The Bertz CT molecular complexity index is 651. The van der Waals surface area contributed by atoms with Gasteiger partial charge in [0.2, 0.25) is 0 Å². The molecule has 0 N–H and O–H groups in total. The van der Waals surface area contributed by atoms with Gasteiger partial charge in [0.1, 0.15) is 0 Å². The Morgan fingerprint density at radius 2 is 1.62 bits per heavy atom. The van der Waals surface area contributed by atoms with E-state index in [1.807, 2.05) is 0 Å². The molecule has 2 fully saturated rings. The second-order valence-electron chi connectivity index (χ2n) is 7.56. The van der Waals surface area contributed by atoms with Gasteiger partial charge in [-0.1, -0.05) is 45.0 Å². The first-order chi connectivity index (χ1) is 13.1. The maximum absolute atomic E-state index is 13.5. The molecule has 0 unspecified atom stereocenters. The van der Waals surface area contributed by atoms with Crippen molar-refractivity contribution >= 4 is 0 Å². The normalized spacial score (nSPS) is 37.8. The molecule has 2 saturated carbocycles. The quantitative estimate of drug-likeness (QED) is 0.531. The standard InChI is InChI=1S/C22H32F2/c1-2-3-4-16-5-7-17(8-6-16)18-9-11-19(12-10-18)20-13-14-21(23)22(24)15-20/h13-19H,2-12H2,1H3/i5D2,6D2. The molecule has 0 aromatic heterocycles. The van der Waals surface area contributed by atoms with E-state index in [4.69, 9.17) is 5.48 Å². The lowest BCUT2D eigenvalue weighted by molar-refractivity contribution is 0.156. The summed E-state index contributed by atoms with van der Waals surface area (Å²) >= 11 is 0. The van der Waals surface area contributed by atoms with Crippen LogP contribution in [0.3, 0.4) is 0 Å². The molecular weight excluding hydrogens is 302 g/mol. The largest absolute Gasteiger partial charge is 0.204 e. The topological polar surface area (TPSA) is 0 Å². The van der Waals surface area contributed by atoms with Gasteiger partial charge in [-0.2, -0.15) is 0 Å². The van der Waals surface area contributed by atoms with Crippen molar-refractivity contribution in [2.45, 2.75) is 83.4 Å². The van der Waals surface area contributed by atoms with Crippen molar-refractivity contribution in [2.75, 3.05) is 0 Å². The molecule has 24 heavy (non-hydrogen) atoms. The highest BCUT2D eigenvalue weighted by Crippen LogP contribution is 2.44. The van der Waals surface area contributed by atoms with Gasteiger partial charge < -0.3 is 0 Å². The number of hydrogen-bond acceptors (Lipinski definition) is 0. The molecule has 0 aliphatic heterocycles. The maximum atomic E-state index is 13.5. The number of rotatable bonds is 5. The van der Waals surface area contributed by atoms with E-state index < -0.39 is 30.3 Å². The van der Waals surface area contributed by atoms with Crippen LogP contribution in [0.15, 0.2) is 18.2 Å². The summed E-state index contributed by atoms with van der Waals surface area (Å²) < 4.78 is 60.9. The molecule has 0 nitrogen and oxygen atoms in total. The first-order valence-corrected chi connectivity index (χ1v) is 9.59. The Hall–Kier alpha value is -0.920. The Labute approximate surface area is 151 Å². The van der Waals surface area contributed by atoms with Crippen molar-refractivity contribution in [2.24, 2.45) is 17.8 Å². The Morgan fingerprint density at radius 1 is 0.958 bits per heavy atom. The number of hydrogen-bond donors (Lipinski definition) is 0. The van der Waals surface area contributed by atoms with Gasteiger partial charge in [0, 0.05) is 5.48 Å². The Kier molecular flexibility index (Phi) is 4.68. The van der Waals surface area contributed by atoms with Crippen molar-refractivity contribution in [3.63, 3.8) is 0 Å². The predicted molar refractivity (Wildman–Crippen MR) is 96.0 cm³/mol. The van der Waals surface area contributed by atoms with E-state index in [2.05, 4.69) is 6.92 Å². The van der Waals surface area contributed by atoms with Crippen LogP contribution in [0.4, 0.5) is 8.78 Å². The van der Waals surface area contributed by atoms with Gasteiger partial charge in [0.15, 0.2) is 11.6 Å². The van der Waals surface area contributed by atoms with Crippen LogP contribution in [0.2, 0.25) is 0 Å². The third kappa shape index (κ3) is 4.37. The van der Waals surface area contributed by atoms with E-state index in [1.54, 1.807) is 6.07 Å². The van der Waals surface area contributed by atoms with Crippen LogP contribution in [0.1, 0.15) is 94.4 Å². The molecular formula is C22H32F2. The van der Waals surface area contributed by atoms with Crippen molar-refractivity contribution < 1.29 is 14.3 Å². The van der Waals surface area contributed by atoms with Gasteiger partial charge in [-0.25, -0.2) is 8.78 Å². The highest BCUT2D eigenvalue weighted by Gasteiger charge is 2.31. The highest BCUT2D eigenvalue weighted by molar-refractivity contribution is 5.22. The Morgan fingerprint density at radius 3 is 2.25 bits per heavy atom. The predicted octanol–water partition coefficient (Wildman–Crippen LogP) is 7.24. The number of unbranched alkanes of at least 4 members (excludes halogenated alkanes) is 1. The lowest BCUT2D eigenvalue weighted by Gasteiger charge is -2.38. The van der Waals surface area contributed by atoms with Crippen LogP contribution in [0.5, 0.6) is 0 Å². The lowest BCUT2D eigenvalue weighted by atomic mass is 9.68. The van der Waals surface area contributed by atoms with Gasteiger partial charge in [-0.15, -0.1) is 0 Å². The molecule has 134 valence electrons. The second-order valence-corrected chi connectivity index (χ2v) is 7.56. The summed E-state index contributed by atoms with van der Waals surface area (Å²) in [6, 6.07) is 4.16. The molecule has 2 aliphatic carbocycles. The molecule has 1 aromatic carbocycles. The van der Waals surface area contributed by atoms with E-state index in [1.165, 1.54) is 12.1 Å². The van der Waals surface area contributed by atoms with Gasteiger partial charge in [-0.05, 0) is 79.9 Å². The summed E-state index contributed by atoms with van der Waals surface area (Å²) in [4.78, 5) is 0. The maximum Gasteiger partial charge on any atom is 0.159 e. The summed E-state index contributed by atoms with van der Waals surface area (Å²) in [7, 11) is 0. The first kappa shape index (κ1) is 13.3. The lowest BCUT2D eigenvalue weighted by Crippen LogP contribution is -2.25. The minimum absolute atomic E-state index is 0.0637. The van der Waals surface area contributed by atoms with Gasteiger partial charge >= 0.3 is 0 Å². The number of benzene rings is 1. The van der Waals surface area contributed by atoms with Crippen molar-refractivity contribution in [3.05, 3.63) is 35.4 Å². The SMILES string of the molecule is [2H]C1([2H])CC(C2CCC(c3ccc(F)c(F)c3)CC2)CC([2H])([2H])C1CCCC. The van der Waals surface area contributed by atoms with Gasteiger partial charge in [0.25, 0.3) is 0 Å². The van der Waals surface area contributed by atoms with Crippen LogP contribution in [-0.2, 0) is 0 Å². The van der Waals surface area contributed by atoms with Crippen LogP contribution >= 0.6 is 0 Å². The molecule has 0 saturated heterocycles. The molecule has 0 atom stereocenters. The minimum Gasteiger partial charge on any atom is -0.204 e. The van der Waals surface area contributed by atoms with Crippen LogP contribution < -0.4 is 0 Å². The molecule has 2 heteroatoms. The van der Waals surface area contributed by atoms with Crippen LogP contribution in [-0.4, -0.2) is 0 Å². The fraction of sp³-hybridized carbons (Fsp3) is 0.727. The third-order valence-electron chi connectivity index (χ3n) is 5.95. The molecule has 0 radical (unpaired) electrons. The molecule has 0 heterocycles. The Balaban J connectivity index is 1.63. The zero-order valence-electron chi connectivity index (χ0n) is 18.7. The molecule has 3 rings (SSSR count). The molecule has 1 aromatic rings. The van der Waals surface area contributed by atoms with E-state index in [9.17, 15) is 8.78 Å². The fourth-order valence-corrected chi connectivity index (χ4v) is 4.37. The highest BCUT2D eigenvalue weighted by atomic mass is 19.2. The summed E-state index contributed by atoms with van der Waals surface area (Å²) in [6.07, 6.45) is 3.97. The van der Waals surface area contributed by atoms with E-state index in [0.29, 0.717) is 25.2 Å². The van der Waals surface area contributed by atoms with E-state index in [-0.39, 0.29) is 11.8 Å². The van der Waals surface area contributed by atoms with E-state index in [0.717, 1.165) is 44.1 Å². The summed E-state index contributed by atoms with van der Waals surface area (Å²) in [5.41, 5.74) is 0.839. The van der Waals surface area contributed by atoms with Crippen molar-refractivity contribution in [1.82, 2.24) is 0 Å². The first-order valence-electron chi connectivity index (χ1n) is 11.6. The summed E-state index contributed by atoms with van der Waals surface area (Å²) in [6.45, 7) is 2.06. The average Bonchev–Trinajstić information content (AvgIpc) is 2.62. The number of halogens is 2. The zero-order chi connectivity index (χ0) is 20.5. The summed E-state index contributed by atoms with van der Waals surface area (Å²) in [5.74, 6) is -1.55. The van der Waals surface area contributed by atoms with Crippen molar-refractivity contribution in [3.8, 4) is 0 Å². The zero-order valence-corrected chi connectivity index (χ0v) is 14.7. The molecule has 0 amide bonds. The van der Waals surface area contributed by atoms with E-state index >= 15 is 0 Å². The van der Waals surface area contributed by atoms with Gasteiger partial charge in [0.05, 0.1) is 0 Å². The smallest absolute Gasteiger partial charge is 0.159 e. The molecule has 2 aliphatic rings. The fourth-order valence-electron chi connectivity index (χ4n) is 4.37. The van der Waals surface area contributed by atoms with Crippen molar-refractivity contribution in [1.29, 1.82) is 0 Å². The minimum atomic E-state index is -1.46. The van der Waals surface area contributed by atoms with Crippen LogP contribution in [0.25, 0.3) is 0 Å². The van der Waals surface area contributed by atoms with Gasteiger partial charge in [-0.3, -0.25) is 0 Å². The monoisotopic (exact) mass is 338 g/mol. The molecule has 0 spiro atoms. The second kappa shape index (κ2) is 8.45.